The molecule has 0 radical (unpaired) electrons. The third-order valence-corrected chi connectivity index (χ3v) is 3.54. The first-order valence-electron chi connectivity index (χ1n) is 7.62. The van der Waals surface area contributed by atoms with Crippen molar-refractivity contribution in [3.63, 3.8) is 0 Å². The lowest BCUT2D eigenvalue weighted by atomic mass is 10.2. The summed E-state index contributed by atoms with van der Waals surface area (Å²) in [6, 6.07) is 17.3. The SMILES string of the molecule is Cc1oc(-c2ccccc2)nc1COc1ccc(C=CC=O)cc1. The van der Waals surface area contributed by atoms with E-state index in [0.717, 1.165) is 34.6 Å². The van der Waals surface area contributed by atoms with E-state index in [1.807, 2.05) is 61.5 Å². The van der Waals surface area contributed by atoms with Crippen LogP contribution in [-0.4, -0.2) is 11.3 Å². The fraction of sp³-hybridized carbons (Fsp3) is 0.100. The van der Waals surface area contributed by atoms with Crippen LogP contribution in [0.1, 0.15) is 17.0 Å². The molecule has 0 unspecified atom stereocenters. The van der Waals surface area contributed by atoms with Crippen LogP contribution in [0.25, 0.3) is 17.5 Å². The molecule has 2 aromatic carbocycles. The highest BCUT2D eigenvalue weighted by Crippen LogP contribution is 2.22. The molecule has 3 aromatic rings. The number of carbonyl (C=O) groups excluding carboxylic acids is 1. The third-order valence-electron chi connectivity index (χ3n) is 3.54. The summed E-state index contributed by atoms with van der Waals surface area (Å²) in [5.41, 5.74) is 2.66. The fourth-order valence-electron chi connectivity index (χ4n) is 2.24. The van der Waals surface area contributed by atoms with Crippen LogP contribution in [0.5, 0.6) is 5.75 Å². The van der Waals surface area contributed by atoms with Gasteiger partial charge in [-0.2, -0.15) is 0 Å². The van der Waals surface area contributed by atoms with Crippen molar-refractivity contribution in [1.29, 1.82) is 0 Å². The first kappa shape index (κ1) is 15.7. The second kappa shape index (κ2) is 7.42. The second-order valence-electron chi connectivity index (χ2n) is 5.24. The summed E-state index contributed by atoms with van der Waals surface area (Å²) in [6.07, 6.45) is 3.95. The van der Waals surface area contributed by atoms with Crippen molar-refractivity contribution in [3.05, 3.63) is 77.7 Å². The molecule has 0 aliphatic carbocycles. The zero-order chi connectivity index (χ0) is 16.8. The van der Waals surface area contributed by atoms with E-state index in [4.69, 9.17) is 9.15 Å². The van der Waals surface area contributed by atoms with Crippen LogP contribution in [0, 0.1) is 6.92 Å². The molecule has 0 saturated heterocycles. The molecule has 24 heavy (non-hydrogen) atoms. The molecule has 0 amide bonds. The number of oxazole rings is 1. The summed E-state index contributed by atoms with van der Waals surface area (Å²) in [7, 11) is 0. The van der Waals surface area contributed by atoms with Gasteiger partial charge in [-0.1, -0.05) is 36.4 Å². The molecule has 0 atom stereocenters. The summed E-state index contributed by atoms with van der Waals surface area (Å²) >= 11 is 0. The summed E-state index contributed by atoms with van der Waals surface area (Å²) in [5.74, 6) is 2.09. The maximum absolute atomic E-state index is 10.3. The Kier molecular flexibility index (Phi) is 4.87. The maximum Gasteiger partial charge on any atom is 0.226 e. The number of ether oxygens (including phenoxy) is 1. The number of aromatic nitrogens is 1. The Hall–Kier alpha value is -3.14. The Morgan fingerprint density at radius 2 is 1.83 bits per heavy atom. The minimum Gasteiger partial charge on any atom is -0.487 e. The van der Waals surface area contributed by atoms with E-state index in [2.05, 4.69) is 4.98 Å². The molecule has 1 heterocycles. The molecule has 0 saturated carbocycles. The average molecular weight is 319 g/mol. The van der Waals surface area contributed by atoms with Gasteiger partial charge in [0.25, 0.3) is 0 Å². The average Bonchev–Trinajstić information content (AvgIpc) is 3.01. The molecule has 0 aliphatic heterocycles. The molecule has 4 heteroatoms. The fourth-order valence-corrected chi connectivity index (χ4v) is 2.24. The van der Waals surface area contributed by atoms with E-state index in [1.165, 1.54) is 6.08 Å². The molecule has 1 aromatic heterocycles. The molecule has 0 N–H and O–H groups in total. The van der Waals surface area contributed by atoms with Gasteiger partial charge in [-0.05, 0) is 42.8 Å². The van der Waals surface area contributed by atoms with Crippen LogP contribution in [0.3, 0.4) is 0 Å². The highest BCUT2D eigenvalue weighted by atomic mass is 16.5. The van der Waals surface area contributed by atoms with Crippen molar-refractivity contribution >= 4 is 12.4 Å². The Morgan fingerprint density at radius 3 is 2.54 bits per heavy atom. The number of hydrogen-bond acceptors (Lipinski definition) is 4. The number of aldehydes is 1. The minimum atomic E-state index is 0.339. The monoisotopic (exact) mass is 319 g/mol. The lowest BCUT2D eigenvalue weighted by Gasteiger charge is -2.04. The summed E-state index contributed by atoms with van der Waals surface area (Å²) in [4.78, 5) is 14.8. The number of rotatable bonds is 6. The van der Waals surface area contributed by atoms with Gasteiger partial charge in [0.2, 0.25) is 5.89 Å². The largest absolute Gasteiger partial charge is 0.487 e. The van der Waals surface area contributed by atoms with Crippen molar-refractivity contribution in [2.45, 2.75) is 13.5 Å². The van der Waals surface area contributed by atoms with Crippen LogP contribution < -0.4 is 4.74 Å². The smallest absolute Gasteiger partial charge is 0.226 e. The Bertz CT molecular complexity index is 833. The van der Waals surface area contributed by atoms with Gasteiger partial charge in [-0.25, -0.2) is 4.98 Å². The van der Waals surface area contributed by atoms with Gasteiger partial charge < -0.3 is 9.15 Å². The molecule has 0 bridgehead atoms. The molecular formula is C20H17NO3. The molecule has 0 fully saturated rings. The van der Waals surface area contributed by atoms with Crippen molar-refractivity contribution in [2.24, 2.45) is 0 Å². The number of benzene rings is 2. The van der Waals surface area contributed by atoms with E-state index in [9.17, 15) is 4.79 Å². The predicted molar refractivity (Wildman–Crippen MR) is 92.5 cm³/mol. The number of hydrogen-bond donors (Lipinski definition) is 0. The van der Waals surface area contributed by atoms with Gasteiger partial charge in [-0.15, -0.1) is 0 Å². The summed E-state index contributed by atoms with van der Waals surface area (Å²) in [6.45, 7) is 2.22. The third kappa shape index (κ3) is 3.79. The number of carbonyl (C=O) groups is 1. The minimum absolute atomic E-state index is 0.339. The lowest BCUT2D eigenvalue weighted by molar-refractivity contribution is -0.104. The zero-order valence-electron chi connectivity index (χ0n) is 13.3. The van der Waals surface area contributed by atoms with Crippen molar-refractivity contribution in [1.82, 2.24) is 4.98 Å². The molecule has 0 spiro atoms. The molecule has 0 aliphatic rings. The quantitative estimate of drug-likeness (QED) is 0.498. The second-order valence-corrected chi connectivity index (χ2v) is 5.24. The van der Waals surface area contributed by atoms with Gasteiger partial charge in [0.15, 0.2) is 0 Å². The lowest BCUT2D eigenvalue weighted by Crippen LogP contribution is -1.97. The van der Waals surface area contributed by atoms with Gasteiger partial charge in [-0.3, -0.25) is 4.79 Å². The molecule has 3 rings (SSSR count). The Labute approximate surface area is 140 Å². The molecular weight excluding hydrogens is 302 g/mol. The van der Waals surface area contributed by atoms with E-state index in [0.29, 0.717) is 12.5 Å². The van der Waals surface area contributed by atoms with Gasteiger partial charge >= 0.3 is 0 Å². The van der Waals surface area contributed by atoms with E-state index in [-0.39, 0.29) is 0 Å². The zero-order valence-corrected chi connectivity index (χ0v) is 13.3. The molecule has 4 nitrogen and oxygen atoms in total. The Morgan fingerprint density at radius 1 is 1.08 bits per heavy atom. The van der Waals surface area contributed by atoms with Gasteiger partial charge in [0.1, 0.15) is 30.1 Å². The van der Waals surface area contributed by atoms with Crippen molar-refractivity contribution in [2.75, 3.05) is 0 Å². The maximum atomic E-state index is 10.3. The summed E-state index contributed by atoms with van der Waals surface area (Å²) in [5, 5.41) is 0. The normalized spacial score (nSPS) is 10.9. The van der Waals surface area contributed by atoms with Crippen LogP contribution in [0.2, 0.25) is 0 Å². The van der Waals surface area contributed by atoms with Crippen LogP contribution in [-0.2, 0) is 11.4 Å². The van der Waals surface area contributed by atoms with E-state index in [1.54, 1.807) is 6.08 Å². The topological polar surface area (TPSA) is 52.3 Å². The first-order valence-corrected chi connectivity index (χ1v) is 7.62. The van der Waals surface area contributed by atoms with Crippen molar-refractivity contribution < 1.29 is 13.9 Å². The van der Waals surface area contributed by atoms with Crippen molar-refractivity contribution in [3.8, 4) is 17.2 Å². The van der Waals surface area contributed by atoms with Crippen LogP contribution in [0.4, 0.5) is 0 Å². The molecule has 120 valence electrons. The van der Waals surface area contributed by atoms with E-state index >= 15 is 0 Å². The first-order chi connectivity index (χ1) is 11.8. The Balaban J connectivity index is 1.67. The highest BCUT2D eigenvalue weighted by Gasteiger charge is 2.11. The predicted octanol–water partition coefficient (Wildman–Crippen LogP) is 4.44. The summed E-state index contributed by atoms with van der Waals surface area (Å²) < 4.78 is 11.5. The van der Waals surface area contributed by atoms with Crippen LogP contribution in [0.15, 0.2) is 65.1 Å². The van der Waals surface area contributed by atoms with Gasteiger partial charge in [0.05, 0.1) is 0 Å². The number of nitrogens with zero attached hydrogens (tertiary/aromatic N) is 1. The van der Waals surface area contributed by atoms with Crippen LogP contribution >= 0.6 is 0 Å². The number of allylic oxidation sites excluding steroid dienone is 1. The highest BCUT2D eigenvalue weighted by molar-refractivity contribution is 5.73. The van der Waals surface area contributed by atoms with E-state index < -0.39 is 0 Å². The standard InChI is InChI=1S/C20H17NO3/c1-15-19(21-20(24-15)17-7-3-2-4-8-17)14-23-18-11-9-16(10-12-18)6-5-13-22/h2-13H,14H2,1H3. The number of aryl methyl sites for hydroxylation is 1. The van der Waals surface area contributed by atoms with Gasteiger partial charge in [0, 0.05) is 5.56 Å².